The summed E-state index contributed by atoms with van der Waals surface area (Å²) in [4.78, 5) is 10.7. The van der Waals surface area contributed by atoms with Crippen LogP contribution in [-0.2, 0) is 0 Å². The number of hydrogen-bond acceptors (Lipinski definition) is 6. The van der Waals surface area contributed by atoms with Crippen molar-refractivity contribution in [3.63, 3.8) is 0 Å². The molecule has 0 aliphatic carbocycles. The predicted molar refractivity (Wildman–Crippen MR) is 41.7 cm³/mol. The van der Waals surface area contributed by atoms with E-state index < -0.39 is 5.76 Å². The molecule has 0 amide bonds. The summed E-state index contributed by atoms with van der Waals surface area (Å²) in [7, 11) is 0. The molecule has 0 aliphatic heterocycles. The molecule has 13 heavy (non-hydrogen) atoms. The molecule has 0 saturated carbocycles. The molecule has 0 saturated heterocycles. The first-order valence-electron chi connectivity index (χ1n) is 3.23. The van der Waals surface area contributed by atoms with E-state index in [1.807, 2.05) is 0 Å². The normalized spacial score (nSPS) is 11.1. The van der Waals surface area contributed by atoms with Crippen molar-refractivity contribution in [1.82, 2.24) is 9.46 Å². The van der Waals surface area contributed by atoms with Gasteiger partial charge in [0.2, 0.25) is 11.2 Å². The Morgan fingerprint density at radius 3 is 2.38 bits per heavy atom. The lowest BCUT2D eigenvalue weighted by molar-refractivity contribution is 0.145. The number of fused-ring (bicyclic) bond motifs is 1. The topological polar surface area (TPSA) is 133 Å². The second-order valence-electron chi connectivity index (χ2n) is 2.44. The number of hydrogen-bond donors (Lipinski definition) is 4. The van der Waals surface area contributed by atoms with Gasteiger partial charge in [-0.15, -0.1) is 4.73 Å². The number of anilines is 2. The van der Waals surface area contributed by atoms with E-state index in [4.69, 9.17) is 16.7 Å². The van der Waals surface area contributed by atoms with Crippen LogP contribution in [0.4, 0.5) is 11.5 Å². The Morgan fingerprint density at radius 2 is 1.85 bits per heavy atom. The lowest BCUT2D eigenvalue weighted by Crippen LogP contribution is -2.13. The van der Waals surface area contributed by atoms with Gasteiger partial charge in [-0.25, -0.2) is 4.79 Å². The van der Waals surface area contributed by atoms with E-state index in [-0.39, 0.29) is 27.5 Å². The molecule has 70 valence electrons. The summed E-state index contributed by atoms with van der Waals surface area (Å²) in [6.07, 6.45) is 0. The molecular weight excluding hydrogens is 180 g/mol. The van der Waals surface area contributed by atoms with E-state index in [0.717, 1.165) is 0 Å². The second kappa shape index (κ2) is 1.91. The van der Waals surface area contributed by atoms with Gasteiger partial charge in [0.25, 0.3) is 0 Å². The van der Waals surface area contributed by atoms with Crippen molar-refractivity contribution in [2.75, 3.05) is 11.5 Å². The SMILES string of the molecule is Nc1c(N)n(O)c2c1oc(=O)n2O. The summed E-state index contributed by atoms with van der Waals surface area (Å²) in [5, 5.41) is 18.2. The van der Waals surface area contributed by atoms with Crippen LogP contribution < -0.4 is 17.2 Å². The van der Waals surface area contributed by atoms with Crippen molar-refractivity contribution in [2.24, 2.45) is 0 Å². The van der Waals surface area contributed by atoms with Gasteiger partial charge >= 0.3 is 5.76 Å². The summed E-state index contributed by atoms with van der Waals surface area (Å²) in [6, 6.07) is 0. The van der Waals surface area contributed by atoms with Crippen molar-refractivity contribution in [3.05, 3.63) is 10.6 Å². The molecule has 0 atom stereocenters. The molecular formula is C5H6N4O4. The van der Waals surface area contributed by atoms with E-state index in [2.05, 4.69) is 4.42 Å². The summed E-state index contributed by atoms with van der Waals surface area (Å²) in [5.41, 5.74) is 10.1. The average Bonchev–Trinajstić information content (AvgIpc) is 2.48. The maximum atomic E-state index is 10.7. The highest BCUT2D eigenvalue weighted by molar-refractivity contribution is 5.91. The molecule has 2 rings (SSSR count). The van der Waals surface area contributed by atoms with Gasteiger partial charge in [-0.05, 0) is 0 Å². The Hall–Kier alpha value is -2.25. The van der Waals surface area contributed by atoms with Gasteiger partial charge < -0.3 is 26.3 Å². The van der Waals surface area contributed by atoms with Crippen molar-refractivity contribution >= 4 is 22.7 Å². The average molecular weight is 186 g/mol. The molecule has 2 aromatic heterocycles. The fourth-order valence-electron chi connectivity index (χ4n) is 1.06. The van der Waals surface area contributed by atoms with Crippen LogP contribution in [0.2, 0.25) is 0 Å². The molecule has 2 heterocycles. The molecule has 0 bridgehead atoms. The highest BCUT2D eigenvalue weighted by Gasteiger charge is 2.21. The minimum Gasteiger partial charge on any atom is -0.425 e. The highest BCUT2D eigenvalue weighted by atomic mass is 16.5. The zero-order valence-corrected chi connectivity index (χ0v) is 6.26. The molecule has 2 aromatic rings. The van der Waals surface area contributed by atoms with Crippen LogP contribution in [-0.4, -0.2) is 19.9 Å². The third kappa shape index (κ3) is 0.662. The number of nitrogens with two attached hydrogens (primary N) is 2. The van der Waals surface area contributed by atoms with Crippen molar-refractivity contribution in [3.8, 4) is 0 Å². The maximum Gasteiger partial charge on any atom is 0.454 e. The van der Waals surface area contributed by atoms with Crippen LogP contribution in [0.1, 0.15) is 0 Å². The van der Waals surface area contributed by atoms with Crippen LogP contribution in [0.15, 0.2) is 9.21 Å². The predicted octanol–water partition coefficient (Wildman–Crippen LogP) is -0.965. The third-order valence-electron chi connectivity index (χ3n) is 1.72. The Labute approximate surface area is 70.1 Å². The Bertz CT molecular complexity index is 533. The maximum absolute atomic E-state index is 10.7. The molecule has 0 spiro atoms. The fraction of sp³-hybridized carbons (Fsp3) is 0. The summed E-state index contributed by atoms with van der Waals surface area (Å²) in [5.74, 6) is -1.24. The number of nitrogens with zero attached hydrogens (tertiary/aromatic N) is 2. The summed E-state index contributed by atoms with van der Waals surface area (Å²) in [6.45, 7) is 0. The summed E-state index contributed by atoms with van der Waals surface area (Å²) >= 11 is 0. The minimum absolute atomic E-state index is 0.0950. The fourth-order valence-corrected chi connectivity index (χ4v) is 1.06. The first-order valence-corrected chi connectivity index (χ1v) is 3.23. The quantitative estimate of drug-likeness (QED) is 0.391. The van der Waals surface area contributed by atoms with Crippen LogP contribution in [0.3, 0.4) is 0 Å². The summed E-state index contributed by atoms with van der Waals surface area (Å²) < 4.78 is 4.99. The Morgan fingerprint density at radius 1 is 1.23 bits per heavy atom. The van der Waals surface area contributed by atoms with Gasteiger partial charge in [0.15, 0.2) is 5.82 Å². The van der Waals surface area contributed by atoms with Gasteiger partial charge in [-0.3, -0.25) is 0 Å². The van der Waals surface area contributed by atoms with Crippen molar-refractivity contribution in [1.29, 1.82) is 0 Å². The van der Waals surface area contributed by atoms with Gasteiger partial charge in [-0.1, -0.05) is 4.73 Å². The lowest BCUT2D eigenvalue weighted by atomic mass is 10.5. The monoisotopic (exact) mass is 186 g/mol. The van der Waals surface area contributed by atoms with Gasteiger partial charge in [-0.2, -0.15) is 0 Å². The van der Waals surface area contributed by atoms with Crippen LogP contribution >= 0.6 is 0 Å². The zero-order chi connectivity index (χ0) is 9.75. The second-order valence-corrected chi connectivity index (χ2v) is 2.44. The molecule has 6 N–H and O–H groups in total. The first kappa shape index (κ1) is 7.40. The van der Waals surface area contributed by atoms with E-state index in [9.17, 15) is 10.0 Å². The van der Waals surface area contributed by atoms with E-state index in [1.54, 1.807) is 0 Å². The van der Waals surface area contributed by atoms with Crippen LogP contribution in [0.25, 0.3) is 11.2 Å². The molecule has 8 nitrogen and oxygen atoms in total. The molecule has 0 unspecified atom stereocenters. The van der Waals surface area contributed by atoms with Crippen molar-refractivity contribution in [2.45, 2.75) is 0 Å². The van der Waals surface area contributed by atoms with Gasteiger partial charge in [0, 0.05) is 0 Å². The van der Waals surface area contributed by atoms with Crippen LogP contribution in [0.5, 0.6) is 0 Å². The third-order valence-corrected chi connectivity index (χ3v) is 1.72. The smallest absolute Gasteiger partial charge is 0.425 e. The van der Waals surface area contributed by atoms with Gasteiger partial charge in [0.1, 0.15) is 5.69 Å². The highest BCUT2D eigenvalue weighted by Crippen LogP contribution is 2.27. The number of aromatic nitrogens is 2. The molecule has 8 heteroatoms. The first-order chi connectivity index (χ1) is 6.04. The van der Waals surface area contributed by atoms with Crippen LogP contribution in [0, 0.1) is 0 Å². The minimum atomic E-state index is -1.04. The Kier molecular flexibility index (Phi) is 1.09. The number of rotatable bonds is 0. The lowest BCUT2D eigenvalue weighted by Gasteiger charge is -1.95. The number of nitrogen functional groups attached to an aromatic ring is 2. The Balaban J connectivity index is 3.10. The van der Waals surface area contributed by atoms with Gasteiger partial charge in [0.05, 0.1) is 0 Å². The van der Waals surface area contributed by atoms with E-state index >= 15 is 0 Å². The zero-order valence-electron chi connectivity index (χ0n) is 6.26. The molecule has 0 aromatic carbocycles. The molecule has 0 radical (unpaired) electrons. The molecule has 0 fully saturated rings. The number of oxazole rings is 1. The van der Waals surface area contributed by atoms with Crippen molar-refractivity contribution < 1.29 is 14.8 Å². The van der Waals surface area contributed by atoms with E-state index in [0.29, 0.717) is 4.73 Å². The standard InChI is InChI=1S/C5H6N4O4/c6-1-2-4(8(11)3(1)7)9(12)5(10)13-2/h11-12H,6-7H2. The largest absolute Gasteiger partial charge is 0.454 e. The van der Waals surface area contributed by atoms with E-state index in [1.165, 1.54) is 0 Å². The molecule has 0 aliphatic rings.